The van der Waals surface area contributed by atoms with Crippen molar-refractivity contribution in [2.24, 2.45) is 0 Å². The lowest BCUT2D eigenvalue weighted by Crippen LogP contribution is -2.51. The van der Waals surface area contributed by atoms with E-state index in [0.717, 1.165) is 25.2 Å². The van der Waals surface area contributed by atoms with Gasteiger partial charge in [0, 0.05) is 63.9 Å². The Balaban J connectivity index is 1.27. The zero-order chi connectivity index (χ0) is 20.2. The molecule has 2 aliphatic rings. The molecule has 2 aliphatic heterocycles. The van der Waals surface area contributed by atoms with E-state index in [1.165, 1.54) is 12.1 Å². The van der Waals surface area contributed by atoms with Crippen LogP contribution in [-0.2, 0) is 11.3 Å². The van der Waals surface area contributed by atoms with Crippen molar-refractivity contribution in [3.05, 3.63) is 60.2 Å². The van der Waals surface area contributed by atoms with Gasteiger partial charge in [-0.1, -0.05) is 6.07 Å². The SMILES string of the molecule is O=C(CN1CCN(c2ccc(F)cc2)C1=O)N1CCN(Cc2cccnc2)CC1. The van der Waals surface area contributed by atoms with Crippen LogP contribution in [0.4, 0.5) is 14.9 Å². The first-order valence-corrected chi connectivity index (χ1v) is 9.81. The van der Waals surface area contributed by atoms with Gasteiger partial charge in [-0.2, -0.15) is 0 Å². The van der Waals surface area contributed by atoms with Gasteiger partial charge in [0.1, 0.15) is 12.4 Å². The molecule has 0 atom stereocenters. The maximum absolute atomic E-state index is 13.1. The van der Waals surface area contributed by atoms with Crippen molar-refractivity contribution in [1.29, 1.82) is 0 Å². The number of amides is 3. The number of hydrogen-bond donors (Lipinski definition) is 0. The van der Waals surface area contributed by atoms with Gasteiger partial charge >= 0.3 is 6.03 Å². The molecule has 7 nitrogen and oxygen atoms in total. The van der Waals surface area contributed by atoms with Gasteiger partial charge in [-0.3, -0.25) is 19.6 Å². The fourth-order valence-corrected chi connectivity index (χ4v) is 3.76. The Hall–Kier alpha value is -3.00. The number of piperazine rings is 1. The van der Waals surface area contributed by atoms with Crippen LogP contribution in [0.3, 0.4) is 0 Å². The van der Waals surface area contributed by atoms with E-state index < -0.39 is 0 Å². The number of pyridine rings is 1. The first kappa shape index (κ1) is 19.3. The van der Waals surface area contributed by atoms with Crippen LogP contribution < -0.4 is 4.90 Å². The summed E-state index contributed by atoms with van der Waals surface area (Å²) in [5.41, 5.74) is 1.81. The summed E-state index contributed by atoms with van der Waals surface area (Å²) in [6.07, 6.45) is 3.63. The topological polar surface area (TPSA) is 60.0 Å². The van der Waals surface area contributed by atoms with E-state index in [-0.39, 0.29) is 24.3 Å². The monoisotopic (exact) mass is 397 g/mol. The molecule has 2 saturated heterocycles. The fraction of sp³-hybridized carbons (Fsp3) is 0.381. The van der Waals surface area contributed by atoms with Gasteiger partial charge in [0.2, 0.25) is 5.91 Å². The Bertz CT molecular complexity index is 853. The molecule has 3 heterocycles. The lowest BCUT2D eigenvalue weighted by molar-refractivity contribution is -0.133. The van der Waals surface area contributed by atoms with Crippen molar-refractivity contribution >= 4 is 17.6 Å². The molecule has 2 aromatic rings. The summed E-state index contributed by atoms with van der Waals surface area (Å²) < 4.78 is 13.1. The molecule has 1 aromatic carbocycles. The minimum Gasteiger partial charge on any atom is -0.339 e. The van der Waals surface area contributed by atoms with Crippen LogP contribution >= 0.6 is 0 Å². The van der Waals surface area contributed by atoms with Gasteiger partial charge in [0.15, 0.2) is 0 Å². The predicted molar refractivity (Wildman–Crippen MR) is 107 cm³/mol. The molecule has 0 bridgehead atoms. The van der Waals surface area contributed by atoms with Crippen molar-refractivity contribution in [2.75, 3.05) is 50.7 Å². The molecule has 152 valence electrons. The van der Waals surface area contributed by atoms with E-state index >= 15 is 0 Å². The summed E-state index contributed by atoms with van der Waals surface area (Å²) in [6, 6.07) is 9.61. The van der Waals surface area contributed by atoms with Crippen molar-refractivity contribution in [3.63, 3.8) is 0 Å². The van der Waals surface area contributed by atoms with E-state index in [0.29, 0.717) is 31.9 Å². The van der Waals surface area contributed by atoms with Gasteiger partial charge in [-0.05, 0) is 35.9 Å². The van der Waals surface area contributed by atoms with Gasteiger partial charge in [-0.25, -0.2) is 9.18 Å². The minimum atomic E-state index is -0.338. The molecule has 0 radical (unpaired) electrons. The van der Waals surface area contributed by atoms with Gasteiger partial charge < -0.3 is 9.80 Å². The molecule has 0 aliphatic carbocycles. The van der Waals surface area contributed by atoms with Crippen molar-refractivity contribution in [1.82, 2.24) is 19.7 Å². The second-order valence-electron chi connectivity index (χ2n) is 7.35. The largest absolute Gasteiger partial charge is 0.339 e. The molecular weight excluding hydrogens is 373 g/mol. The highest BCUT2D eigenvalue weighted by Crippen LogP contribution is 2.20. The molecule has 29 heavy (non-hydrogen) atoms. The van der Waals surface area contributed by atoms with Gasteiger partial charge in [0.25, 0.3) is 0 Å². The van der Waals surface area contributed by atoms with Gasteiger partial charge in [0.05, 0.1) is 0 Å². The zero-order valence-electron chi connectivity index (χ0n) is 16.2. The highest BCUT2D eigenvalue weighted by atomic mass is 19.1. The molecular formula is C21H24FN5O2. The van der Waals surface area contributed by atoms with E-state index in [2.05, 4.69) is 16.0 Å². The molecule has 1 aromatic heterocycles. The number of aromatic nitrogens is 1. The zero-order valence-corrected chi connectivity index (χ0v) is 16.2. The number of halogens is 1. The normalized spacial score (nSPS) is 17.8. The minimum absolute atomic E-state index is 0.0275. The summed E-state index contributed by atoms with van der Waals surface area (Å²) in [6.45, 7) is 4.81. The summed E-state index contributed by atoms with van der Waals surface area (Å²) >= 11 is 0. The summed E-state index contributed by atoms with van der Waals surface area (Å²) in [5, 5.41) is 0. The smallest absolute Gasteiger partial charge is 0.325 e. The summed E-state index contributed by atoms with van der Waals surface area (Å²) in [7, 11) is 0. The number of benzene rings is 1. The highest BCUT2D eigenvalue weighted by Gasteiger charge is 2.32. The third kappa shape index (κ3) is 4.54. The Labute approximate surface area is 169 Å². The second kappa shape index (κ2) is 8.57. The molecule has 0 N–H and O–H groups in total. The Morgan fingerprint density at radius 1 is 1.00 bits per heavy atom. The van der Waals surface area contributed by atoms with E-state index in [1.807, 2.05) is 17.2 Å². The molecule has 4 rings (SSSR count). The number of urea groups is 1. The first-order valence-electron chi connectivity index (χ1n) is 9.81. The Kier molecular flexibility index (Phi) is 5.71. The molecule has 0 unspecified atom stereocenters. The number of carbonyl (C=O) groups excluding carboxylic acids is 2. The average molecular weight is 397 g/mol. The van der Waals surface area contributed by atoms with Crippen LogP contribution in [-0.4, -0.2) is 77.4 Å². The number of anilines is 1. The Morgan fingerprint density at radius 2 is 1.76 bits per heavy atom. The molecule has 8 heteroatoms. The maximum atomic E-state index is 13.1. The van der Waals surface area contributed by atoms with Crippen molar-refractivity contribution in [3.8, 4) is 0 Å². The summed E-state index contributed by atoms with van der Waals surface area (Å²) in [4.78, 5) is 36.7. The lowest BCUT2D eigenvalue weighted by atomic mass is 10.2. The molecule has 2 fully saturated rings. The highest BCUT2D eigenvalue weighted by molar-refractivity contribution is 5.96. The number of carbonyl (C=O) groups is 2. The number of nitrogens with zero attached hydrogens (tertiary/aromatic N) is 5. The van der Waals surface area contributed by atoms with Crippen LogP contribution in [0, 0.1) is 5.82 Å². The maximum Gasteiger partial charge on any atom is 0.325 e. The van der Waals surface area contributed by atoms with Crippen LogP contribution in [0.15, 0.2) is 48.8 Å². The van der Waals surface area contributed by atoms with Crippen LogP contribution in [0.2, 0.25) is 0 Å². The van der Waals surface area contributed by atoms with Gasteiger partial charge in [-0.15, -0.1) is 0 Å². The van der Waals surface area contributed by atoms with Crippen LogP contribution in [0.5, 0.6) is 0 Å². The quantitative estimate of drug-likeness (QED) is 0.772. The Morgan fingerprint density at radius 3 is 2.45 bits per heavy atom. The van der Waals surface area contributed by atoms with Crippen molar-refractivity contribution < 1.29 is 14.0 Å². The average Bonchev–Trinajstić information content (AvgIpc) is 3.10. The standard InChI is InChI=1S/C21H24FN5O2/c22-18-3-5-19(6-4-18)27-13-12-26(21(27)29)16-20(28)25-10-8-24(9-11-25)15-17-2-1-7-23-14-17/h1-7,14H,8-13,15-16H2. The third-order valence-corrected chi connectivity index (χ3v) is 5.41. The van der Waals surface area contributed by atoms with E-state index in [9.17, 15) is 14.0 Å². The van der Waals surface area contributed by atoms with E-state index in [1.54, 1.807) is 28.1 Å². The van der Waals surface area contributed by atoms with Crippen LogP contribution in [0.25, 0.3) is 0 Å². The molecule has 0 spiro atoms. The molecule has 3 amide bonds. The van der Waals surface area contributed by atoms with Crippen molar-refractivity contribution in [2.45, 2.75) is 6.54 Å². The van der Waals surface area contributed by atoms with E-state index in [4.69, 9.17) is 0 Å². The first-order chi connectivity index (χ1) is 14.1. The lowest BCUT2D eigenvalue weighted by Gasteiger charge is -2.35. The molecule has 0 saturated carbocycles. The summed E-state index contributed by atoms with van der Waals surface area (Å²) in [5.74, 6) is -0.365. The second-order valence-corrected chi connectivity index (χ2v) is 7.35. The number of hydrogen-bond acceptors (Lipinski definition) is 4. The third-order valence-electron chi connectivity index (χ3n) is 5.41. The van der Waals surface area contributed by atoms with Crippen LogP contribution in [0.1, 0.15) is 5.56 Å². The number of rotatable bonds is 5. The predicted octanol–water partition coefficient (Wildman–Crippen LogP) is 1.81. The fourth-order valence-electron chi connectivity index (χ4n) is 3.76.